The molecule has 1 aliphatic heterocycles. The molecule has 0 unspecified atom stereocenters. The van der Waals surface area contributed by atoms with Gasteiger partial charge < -0.3 is 20.5 Å². The second-order valence-electron chi connectivity index (χ2n) is 4.36. The largest absolute Gasteiger partial charge is 0.454 e. The Balaban J connectivity index is 1.72. The van der Waals surface area contributed by atoms with Gasteiger partial charge in [-0.3, -0.25) is 0 Å². The predicted molar refractivity (Wildman–Crippen MR) is 86.0 cm³/mol. The third kappa shape index (κ3) is 3.11. The molecular weight excluding hydrogens is 286 g/mol. The van der Waals surface area contributed by atoms with E-state index in [1.165, 1.54) is 0 Å². The van der Waals surface area contributed by atoms with Gasteiger partial charge in [0.05, 0.1) is 0 Å². The number of thiocarbonyl (C=S) groups is 1. The van der Waals surface area contributed by atoms with Crippen LogP contribution in [0.4, 0.5) is 5.69 Å². The van der Waals surface area contributed by atoms with Gasteiger partial charge >= 0.3 is 0 Å². The molecule has 2 aromatic rings. The van der Waals surface area contributed by atoms with Crippen LogP contribution < -0.4 is 20.5 Å². The summed E-state index contributed by atoms with van der Waals surface area (Å²) >= 11 is 5.19. The molecule has 5 nitrogen and oxygen atoms in total. The predicted octanol–water partition coefficient (Wildman–Crippen LogP) is 2.52. The van der Waals surface area contributed by atoms with E-state index in [0.29, 0.717) is 11.6 Å². The van der Waals surface area contributed by atoms with Crippen molar-refractivity contribution in [3.63, 3.8) is 0 Å². The zero-order valence-electron chi connectivity index (χ0n) is 11.1. The Kier molecular flexibility index (Phi) is 3.70. The number of anilines is 1. The second-order valence-corrected chi connectivity index (χ2v) is 4.75. The Morgan fingerprint density at radius 2 is 1.86 bits per heavy atom. The van der Waals surface area contributed by atoms with E-state index >= 15 is 0 Å². The summed E-state index contributed by atoms with van der Waals surface area (Å²) in [5.74, 6) is 1.77. The highest BCUT2D eigenvalue weighted by atomic mass is 32.1. The number of benzene rings is 2. The van der Waals surface area contributed by atoms with E-state index in [1.54, 1.807) is 0 Å². The number of amidine groups is 1. The number of hydrogen-bond acceptors (Lipinski definition) is 3. The highest BCUT2D eigenvalue weighted by Crippen LogP contribution is 2.34. The van der Waals surface area contributed by atoms with Gasteiger partial charge in [-0.2, -0.15) is 0 Å². The van der Waals surface area contributed by atoms with Crippen LogP contribution in [0, 0.1) is 0 Å². The van der Waals surface area contributed by atoms with Crippen LogP contribution in [0.3, 0.4) is 0 Å². The number of aliphatic imine (C=N–C) groups is 1. The average molecular weight is 299 g/mol. The summed E-state index contributed by atoms with van der Waals surface area (Å²) in [7, 11) is 0. The third-order valence-electron chi connectivity index (χ3n) is 2.92. The third-order valence-corrected chi connectivity index (χ3v) is 3.11. The van der Waals surface area contributed by atoms with Crippen molar-refractivity contribution < 1.29 is 9.47 Å². The van der Waals surface area contributed by atoms with Crippen LogP contribution in [-0.2, 0) is 0 Å². The van der Waals surface area contributed by atoms with Gasteiger partial charge in [-0.25, -0.2) is 4.99 Å². The summed E-state index contributed by atoms with van der Waals surface area (Å²) in [6, 6.07) is 14.9. The average Bonchev–Trinajstić information content (AvgIpc) is 2.95. The van der Waals surface area contributed by atoms with Gasteiger partial charge in [-0.05, 0) is 24.4 Å². The lowest BCUT2D eigenvalue weighted by Crippen LogP contribution is -2.18. The van der Waals surface area contributed by atoms with Crippen LogP contribution in [0.25, 0.3) is 0 Å². The fourth-order valence-corrected chi connectivity index (χ4v) is 2.12. The lowest BCUT2D eigenvalue weighted by Gasteiger charge is -2.06. The summed E-state index contributed by atoms with van der Waals surface area (Å²) in [5, 5.41) is 3.29. The fraction of sp³-hybridized carbons (Fsp3) is 0.0667. The van der Waals surface area contributed by atoms with Crippen molar-refractivity contribution >= 4 is 28.9 Å². The number of hydrogen-bond donors (Lipinski definition) is 2. The molecule has 3 N–H and O–H groups in total. The molecule has 0 fully saturated rings. The van der Waals surface area contributed by atoms with Gasteiger partial charge in [0.15, 0.2) is 16.6 Å². The van der Waals surface area contributed by atoms with E-state index in [4.69, 9.17) is 27.4 Å². The molecule has 0 saturated heterocycles. The number of ether oxygens (including phenoxy) is 2. The van der Waals surface area contributed by atoms with Gasteiger partial charge in [0, 0.05) is 17.3 Å². The first-order valence-corrected chi connectivity index (χ1v) is 6.73. The molecule has 2 aromatic carbocycles. The van der Waals surface area contributed by atoms with Crippen molar-refractivity contribution in [2.24, 2.45) is 10.7 Å². The summed E-state index contributed by atoms with van der Waals surface area (Å²) in [6.07, 6.45) is 0. The molecule has 0 amide bonds. The highest BCUT2D eigenvalue weighted by molar-refractivity contribution is 7.80. The molecule has 0 atom stereocenters. The zero-order valence-corrected chi connectivity index (χ0v) is 11.9. The monoisotopic (exact) mass is 299 g/mol. The quantitative estimate of drug-likeness (QED) is 0.506. The molecule has 106 valence electrons. The van der Waals surface area contributed by atoms with E-state index < -0.39 is 0 Å². The standard InChI is InChI=1S/C15H13N3O2S/c16-14(10-4-2-1-3-5-10)18-15(21)17-11-6-7-12-13(8-11)20-9-19-12/h1-8H,9H2,(H3,16,17,18,21). The van der Waals surface area contributed by atoms with Crippen molar-refractivity contribution in [3.8, 4) is 11.5 Å². The first-order chi connectivity index (χ1) is 10.2. The van der Waals surface area contributed by atoms with Crippen molar-refractivity contribution in [1.82, 2.24) is 0 Å². The van der Waals surface area contributed by atoms with E-state index in [9.17, 15) is 0 Å². The minimum Gasteiger partial charge on any atom is -0.454 e. The van der Waals surface area contributed by atoms with Gasteiger partial charge in [-0.1, -0.05) is 30.3 Å². The Bertz CT molecular complexity index is 701. The minimum atomic E-state index is 0.238. The summed E-state index contributed by atoms with van der Waals surface area (Å²) in [5.41, 5.74) is 7.52. The van der Waals surface area contributed by atoms with Gasteiger partial charge in [0.25, 0.3) is 0 Å². The van der Waals surface area contributed by atoms with Crippen molar-refractivity contribution in [2.45, 2.75) is 0 Å². The van der Waals surface area contributed by atoms with E-state index in [-0.39, 0.29) is 11.9 Å². The molecule has 1 aliphatic rings. The minimum absolute atomic E-state index is 0.238. The number of rotatable bonds is 2. The van der Waals surface area contributed by atoms with Crippen LogP contribution in [0.15, 0.2) is 53.5 Å². The Labute approximate surface area is 127 Å². The number of nitrogens with two attached hydrogens (primary N) is 1. The maximum absolute atomic E-state index is 5.92. The molecule has 0 radical (unpaired) electrons. The van der Waals surface area contributed by atoms with Crippen LogP contribution in [0.1, 0.15) is 5.56 Å². The van der Waals surface area contributed by atoms with Crippen molar-refractivity contribution in [3.05, 3.63) is 54.1 Å². The SMILES string of the molecule is N/C(=N\C(=S)Nc1ccc2c(c1)OCO2)c1ccccc1. The Morgan fingerprint density at radius 3 is 2.67 bits per heavy atom. The molecule has 0 saturated carbocycles. The fourth-order valence-electron chi connectivity index (χ4n) is 1.91. The van der Waals surface area contributed by atoms with E-state index in [1.807, 2.05) is 48.5 Å². The molecular formula is C15H13N3O2S. The lowest BCUT2D eigenvalue weighted by atomic mass is 10.2. The first-order valence-electron chi connectivity index (χ1n) is 6.32. The number of nitrogens with one attached hydrogen (secondary N) is 1. The molecule has 0 spiro atoms. The first kappa shape index (κ1) is 13.4. The molecule has 3 rings (SSSR count). The van der Waals surface area contributed by atoms with E-state index in [0.717, 1.165) is 17.0 Å². The maximum Gasteiger partial charge on any atom is 0.231 e. The van der Waals surface area contributed by atoms with Crippen molar-refractivity contribution in [1.29, 1.82) is 0 Å². The molecule has 0 bridgehead atoms. The van der Waals surface area contributed by atoms with Gasteiger partial charge in [0.2, 0.25) is 6.79 Å². The van der Waals surface area contributed by atoms with E-state index in [2.05, 4.69) is 10.3 Å². The van der Waals surface area contributed by atoms with Gasteiger partial charge in [0.1, 0.15) is 5.84 Å². The van der Waals surface area contributed by atoms with Crippen LogP contribution in [-0.4, -0.2) is 17.7 Å². The lowest BCUT2D eigenvalue weighted by molar-refractivity contribution is 0.174. The van der Waals surface area contributed by atoms with Crippen LogP contribution in [0.2, 0.25) is 0 Å². The summed E-state index contributed by atoms with van der Waals surface area (Å²) in [6.45, 7) is 0.238. The smallest absolute Gasteiger partial charge is 0.231 e. The molecule has 0 aromatic heterocycles. The molecule has 1 heterocycles. The normalized spacial score (nSPS) is 13.0. The second kappa shape index (κ2) is 5.80. The van der Waals surface area contributed by atoms with Gasteiger partial charge in [-0.15, -0.1) is 0 Å². The topological polar surface area (TPSA) is 68.9 Å². The highest BCUT2D eigenvalue weighted by Gasteiger charge is 2.13. The molecule has 6 heteroatoms. The summed E-state index contributed by atoms with van der Waals surface area (Å²) < 4.78 is 10.6. The Morgan fingerprint density at radius 1 is 1.10 bits per heavy atom. The number of fused-ring (bicyclic) bond motifs is 1. The molecule has 0 aliphatic carbocycles. The van der Waals surface area contributed by atoms with Crippen LogP contribution in [0.5, 0.6) is 11.5 Å². The Hall–Kier alpha value is -2.60. The molecule has 21 heavy (non-hydrogen) atoms. The zero-order chi connectivity index (χ0) is 14.7. The van der Waals surface area contributed by atoms with Crippen molar-refractivity contribution in [2.75, 3.05) is 12.1 Å². The summed E-state index contributed by atoms with van der Waals surface area (Å²) in [4.78, 5) is 4.18. The van der Waals surface area contributed by atoms with Crippen LogP contribution >= 0.6 is 12.2 Å². The maximum atomic E-state index is 5.92. The number of nitrogens with zero attached hydrogens (tertiary/aromatic N) is 1.